The second kappa shape index (κ2) is 6.75. The lowest BCUT2D eigenvalue weighted by Gasteiger charge is -2.16. The molecule has 110 valence electrons. The molecule has 0 spiro atoms. The molecule has 9 heteroatoms. The smallest absolute Gasteiger partial charge is 0.326 e. The summed E-state index contributed by atoms with van der Waals surface area (Å²) in [7, 11) is 1.35. The number of carbonyl (C=O) groups is 1. The maximum atomic E-state index is 13.6. The van der Waals surface area contributed by atoms with Crippen LogP contribution in [0.5, 0.6) is 0 Å². The van der Waals surface area contributed by atoms with E-state index >= 15 is 0 Å². The minimum Gasteiger partial charge on any atom is -0.480 e. The number of non-ortho nitro benzene ring substituents is 1. The normalized spacial score (nSPS) is 11.9. The lowest BCUT2D eigenvalue weighted by molar-refractivity contribution is -0.385. The Morgan fingerprint density at radius 1 is 1.50 bits per heavy atom. The summed E-state index contributed by atoms with van der Waals surface area (Å²) in [5.74, 6) is -3.79. The Kier molecular flexibility index (Phi) is 5.32. The third-order valence-electron chi connectivity index (χ3n) is 2.47. The number of ether oxygens (including phenoxy) is 1. The van der Waals surface area contributed by atoms with Crippen LogP contribution in [0.25, 0.3) is 0 Å². The predicted octanol–water partition coefficient (Wildman–Crippen LogP) is 1.77. The van der Waals surface area contributed by atoms with Gasteiger partial charge in [-0.25, -0.2) is 13.6 Å². The number of anilines is 1. The predicted molar refractivity (Wildman–Crippen MR) is 64.6 cm³/mol. The first-order valence-corrected chi connectivity index (χ1v) is 5.48. The molecule has 0 saturated carbocycles. The van der Waals surface area contributed by atoms with E-state index in [-0.39, 0.29) is 13.0 Å². The topological polar surface area (TPSA) is 102 Å². The number of nitro benzene ring substituents is 1. The number of benzene rings is 1. The summed E-state index contributed by atoms with van der Waals surface area (Å²) >= 11 is 0. The second-order valence-corrected chi connectivity index (χ2v) is 3.86. The first-order valence-electron chi connectivity index (χ1n) is 5.48. The van der Waals surface area contributed by atoms with Crippen LogP contribution in [0.15, 0.2) is 12.1 Å². The Hall–Kier alpha value is -2.29. The molecule has 0 radical (unpaired) electrons. The van der Waals surface area contributed by atoms with Crippen LogP contribution < -0.4 is 5.32 Å². The van der Waals surface area contributed by atoms with Gasteiger partial charge in [0.05, 0.1) is 17.1 Å². The third kappa shape index (κ3) is 3.85. The van der Waals surface area contributed by atoms with E-state index in [9.17, 15) is 23.7 Å². The minimum absolute atomic E-state index is 0.0261. The van der Waals surface area contributed by atoms with Crippen LogP contribution in [0.2, 0.25) is 0 Å². The average Bonchev–Trinajstić information content (AvgIpc) is 2.36. The fourth-order valence-corrected chi connectivity index (χ4v) is 1.47. The van der Waals surface area contributed by atoms with Gasteiger partial charge in [-0.1, -0.05) is 0 Å². The molecule has 1 atom stereocenters. The van der Waals surface area contributed by atoms with E-state index in [1.165, 1.54) is 7.11 Å². The molecular formula is C11H12F2N2O5. The molecule has 0 bridgehead atoms. The van der Waals surface area contributed by atoms with Crippen LogP contribution in [0.3, 0.4) is 0 Å². The zero-order valence-electron chi connectivity index (χ0n) is 10.4. The van der Waals surface area contributed by atoms with Crippen molar-refractivity contribution in [3.8, 4) is 0 Å². The van der Waals surface area contributed by atoms with Gasteiger partial charge < -0.3 is 15.2 Å². The van der Waals surface area contributed by atoms with E-state index in [4.69, 9.17) is 9.84 Å². The average molecular weight is 290 g/mol. The Balaban J connectivity index is 3.01. The zero-order chi connectivity index (χ0) is 15.3. The van der Waals surface area contributed by atoms with Crippen LogP contribution in [-0.2, 0) is 9.53 Å². The molecule has 0 aromatic heterocycles. The second-order valence-electron chi connectivity index (χ2n) is 3.86. The number of carboxylic acids is 1. The summed E-state index contributed by atoms with van der Waals surface area (Å²) in [4.78, 5) is 20.4. The van der Waals surface area contributed by atoms with Crippen molar-refractivity contribution in [1.29, 1.82) is 0 Å². The largest absolute Gasteiger partial charge is 0.480 e. The van der Waals surface area contributed by atoms with E-state index in [1.54, 1.807) is 0 Å². The van der Waals surface area contributed by atoms with Crippen molar-refractivity contribution < 1.29 is 28.3 Å². The number of aliphatic carboxylic acids is 1. The van der Waals surface area contributed by atoms with Crippen molar-refractivity contribution in [2.75, 3.05) is 19.0 Å². The van der Waals surface area contributed by atoms with Gasteiger partial charge in [-0.2, -0.15) is 0 Å². The molecule has 20 heavy (non-hydrogen) atoms. The Labute approximate surface area is 112 Å². The summed E-state index contributed by atoms with van der Waals surface area (Å²) in [5.41, 5.74) is -1.48. The Morgan fingerprint density at radius 3 is 2.45 bits per heavy atom. The molecule has 0 amide bonds. The Morgan fingerprint density at radius 2 is 2.05 bits per heavy atom. The van der Waals surface area contributed by atoms with Gasteiger partial charge in [0.15, 0.2) is 11.6 Å². The summed E-state index contributed by atoms with van der Waals surface area (Å²) in [6, 6.07) is -0.248. The van der Waals surface area contributed by atoms with Crippen LogP contribution in [-0.4, -0.2) is 35.8 Å². The highest BCUT2D eigenvalue weighted by Crippen LogP contribution is 2.25. The first kappa shape index (κ1) is 15.8. The van der Waals surface area contributed by atoms with Gasteiger partial charge in [0, 0.05) is 20.1 Å². The summed E-state index contributed by atoms with van der Waals surface area (Å²) in [6.07, 6.45) is -0.0261. The molecule has 2 N–H and O–H groups in total. The van der Waals surface area contributed by atoms with Gasteiger partial charge >= 0.3 is 5.97 Å². The van der Waals surface area contributed by atoms with Gasteiger partial charge in [-0.15, -0.1) is 0 Å². The van der Waals surface area contributed by atoms with Crippen LogP contribution >= 0.6 is 0 Å². The number of nitrogens with one attached hydrogen (secondary N) is 1. The monoisotopic (exact) mass is 290 g/mol. The lowest BCUT2D eigenvalue weighted by atomic mass is 10.2. The third-order valence-corrected chi connectivity index (χ3v) is 2.47. The zero-order valence-corrected chi connectivity index (χ0v) is 10.4. The SMILES string of the molecule is COCCC(Nc1c(F)cc([N+](=O)[O-])cc1F)C(=O)O. The van der Waals surface area contributed by atoms with Crippen molar-refractivity contribution in [2.24, 2.45) is 0 Å². The quantitative estimate of drug-likeness (QED) is 0.586. The molecule has 0 heterocycles. The fourth-order valence-electron chi connectivity index (χ4n) is 1.47. The maximum Gasteiger partial charge on any atom is 0.326 e. The molecular weight excluding hydrogens is 278 g/mol. The van der Waals surface area contributed by atoms with E-state index < -0.39 is 39.9 Å². The number of carboxylic acid groups (broad SMARTS) is 1. The van der Waals surface area contributed by atoms with Crippen molar-refractivity contribution in [1.82, 2.24) is 0 Å². The standard InChI is InChI=1S/C11H12F2N2O5/c1-20-3-2-9(11(16)17)14-10-7(12)4-6(15(18)19)5-8(10)13/h4-5,9,14H,2-3H2,1H3,(H,16,17). The molecule has 0 aliphatic rings. The van der Waals surface area contributed by atoms with E-state index in [0.717, 1.165) is 0 Å². The molecule has 0 fully saturated rings. The fraction of sp³-hybridized carbons (Fsp3) is 0.364. The molecule has 0 saturated heterocycles. The number of methoxy groups -OCH3 is 1. The van der Waals surface area contributed by atoms with Crippen molar-refractivity contribution in [3.63, 3.8) is 0 Å². The summed E-state index contributed by atoms with van der Waals surface area (Å²) in [5, 5.41) is 21.5. The van der Waals surface area contributed by atoms with Crippen LogP contribution in [0.1, 0.15) is 6.42 Å². The Bertz CT molecular complexity index is 501. The van der Waals surface area contributed by atoms with Gasteiger partial charge in [0.1, 0.15) is 11.7 Å². The summed E-state index contributed by atoms with van der Waals surface area (Å²) in [6.45, 7) is 0.0696. The number of nitrogens with zero attached hydrogens (tertiary/aromatic N) is 1. The number of halogens is 2. The van der Waals surface area contributed by atoms with E-state index in [2.05, 4.69) is 5.32 Å². The highest BCUT2D eigenvalue weighted by molar-refractivity contribution is 5.77. The minimum atomic E-state index is -1.32. The van der Waals surface area contributed by atoms with Gasteiger partial charge in [-0.05, 0) is 0 Å². The van der Waals surface area contributed by atoms with Gasteiger partial charge in [0.2, 0.25) is 0 Å². The maximum absolute atomic E-state index is 13.6. The molecule has 0 aliphatic carbocycles. The first-order chi connectivity index (χ1) is 9.36. The van der Waals surface area contributed by atoms with E-state index in [1.807, 2.05) is 0 Å². The van der Waals surface area contributed by atoms with Gasteiger partial charge in [0.25, 0.3) is 5.69 Å². The van der Waals surface area contributed by atoms with Crippen molar-refractivity contribution >= 4 is 17.3 Å². The molecule has 1 rings (SSSR count). The molecule has 0 aliphatic heterocycles. The highest BCUT2D eigenvalue weighted by atomic mass is 19.1. The number of hydrogen-bond acceptors (Lipinski definition) is 5. The van der Waals surface area contributed by atoms with E-state index in [0.29, 0.717) is 12.1 Å². The number of rotatable bonds is 7. The van der Waals surface area contributed by atoms with Crippen LogP contribution in [0.4, 0.5) is 20.2 Å². The molecule has 7 nitrogen and oxygen atoms in total. The molecule has 1 unspecified atom stereocenters. The van der Waals surface area contributed by atoms with Crippen molar-refractivity contribution in [3.05, 3.63) is 33.9 Å². The van der Waals surface area contributed by atoms with Crippen LogP contribution in [0, 0.1) is 21.7 Å². The van der Waals surface area contributed by atoms with Crippen molar-refractivity contribution in [2.45, 2.75) is 12.5 Å². The highest BCUT2D eigenvalue weighted by Gasteiger charge is 2.23. The molecule has 1 aromatic carbocycles. The number of nitro groups is 1. The van der Waals surface area contributed by atoms with Gasteiger partial charge in [-0.3, -0.25) is 10.1 Å². The summed E-state index contributed by atoms with van der Waals surface area (Å²) < 4.78 is 31.9. The lowest BCUT2D eigenvalue weighted by Crippen LogP contribution is -2.31. The molecule has 1 aromatic rings. The number of hydrogen-bond donors (Lipinski definition) is 2.